The van der Waals surface area contributed by atoms with Gasteiger partial charge in [0.2, 0.25) is 5.91 Å². The van der Waals surface area contributed by atoms with Crippen LogP contribution in [0.1, 0.15) is 11.1 Å². The van der Waals surface area contributed by atoms with E-state index in [1.807, 2.05) is 12.1 Å². The van der Waals surface area contributed by atoms with Crippen molar-refractivity contribution in [1.82, 2.24) is 4.90 Å². The highest BCUT2D eigenvalue weighted by Crippen LogP contribution is 2.34. The second-order valence-electron chi connectivity index (χ2n) is 7.39. The van der Waals surface area contributed by atoms with Crippen LogP contribution in [0.25, 0.3) is 6.08 Å². The maximum Gasteiger partial charge on any atom is 0.294 e. The molecule has 3 aromatic carbocycles. The minimum Gasteiger partial charge on any atom is -0.488 e. The van der Waals surface area contributed by atoms with Crippen molar-refractivity contribution in [3.8, 4) is 5.75 Å². The van der Waals surface area contributed by atoms with Gasteiger partial charge in [0.1, 0.15) is 18.9 Å². The van der Waals surface area contributed by atoms with Gasteiger partial charge in [-0.2, -0.15) is 0 Å². The molecule has 0 unspecified atom stereocenters. The van der Waals surface area contributed by atoms with E-state index in [0.717, 1.165) is 25.8 Å². The van der Waals surface area contributed by atoms with E-state index in [2.05, 4.69) is 27.9 Å². The summed E-state index contributed by atoms with van der Waals surface area (Å²) in [5.74, 6) is -0.478. The molecule has 4 rings (SSSR count). The molecule has 1 N–H and O–H groups in total. The summed E-state index contributed by atoms with van der Waals surface area (Å²) in [6.07, 6.45) is 1.58. The largest absolute Gasteiger partial charge is 0.488 e. The number of benzene rings is 3. The molecule has 1 fully saturated rings. The van der Waals surface area contributed by atoms with Gasteiger partial charge in [-0.3, -0.25) is 19.3 Å². The van der Waals surface area contributed by atoms with Crippen LogP contribution in [0, 0.1) is 3.57 Å². The smallest absolute Gasteiger partial charge is 0.294 e. The number of para-hydroxylation sites is 1. The Morgan fingerprint density at radius 1 is 1.06 bits per heavy atom. The van der Waals surface area contributed by atoms with Crippen LogP contribution in [-0.2, 0) is 16.2 Å². The molecule has 1 aliphatic heterocycles. The molecule has 0 saturated carbocycles. The Morgan fingerprint density at radius 2 is 1.80 bits per heavy atom. The average molecular weight is 639 g/mol. The third-order valence-corrected chi connectivity index (χ3v) is 7.12. The van der Waals surface area contributed by atoms with E-state index in [1.165, 1.54) is 0 Å². The lowest BCUT2D eigenvalue weighted by atomic mass is 10.1. The van der Waals surface area contributed by atoms with Gasteiger partial charge >= 0.3 is 0 Å². The van der Waals surface area contributed by atoms with Gasteiger partial charge in [0.15, 0.2) is 0 Å². The fourth-order valence-electron chi connectivity index (χ4n) is 3.18. The van der Waals surface area contributed by atoms with Gasteiger partial charge in [-0.15, -0.1) is 0 Å². The van der Waals surface area contributed by atoms with Crippen LogP contribution in [0.5, 0.6) is 5.75 Å². The molecule has 35 heavy (non-hydrogen) atoms. The predicted molar refractivity (Wildman–Crippen MR) is 148 cm³/mol. The Kier molecular flexibility index (Phi) is 8.38. The minimum absolute atomic E-state index is 0.195. The number of carbonyl (C=O) groups excluding carboxylic acids is 3. The van der Waals surface area contributed by atoms with Crippen molar-refractivity contribution in [2.75, 3.05) is 11.9 Å². The van der Waals surface area contributed by atoms with E-state index < -0.39 is 17.1 Å². The van der Waals surface area contributed by atoms with Crippen molar-refractivity contribution < 1.29 is 19.1 Å². The van der Waals surface area contributed by atoms with Crippen molar-refractivity contribution in [3.05, 3.63) is 96.4 Å². The molecular weight excluding hydrogens is 622 g/mol. The number of anilines is 1. The number of halogens is 3. The van der Waals surface area contributed by atoms with Crippen LogP contribution in [0.4, 0.5) is 10.5 Å². The van der Waals surface area contributed by atoms with Gasteiger partial charge in [0.25, 0.3) is 11.1 Å². The van der Waals surface area contributed by atoms with Gasteiger partial charge in [0, 0.05) is 30.4 Å². The first-order chi connectivity index (χ1) is 16.8. The molecule has 6 nitrogen and oxygen atoms in total. The van der Waals surface area contributed by atoms with Gasteiger partial charge in [-0.25, -0.2) is 0 Å². The molecule has 178 valence electrons. The van der Waals surface area contributed by atoms with Crippen molar-refractivity contribution in [3.63, 3.8) is 0 Å². The van der Waals surface area contributed by atoms with Crippen LogP contribution >= 0.6 is 57.6 Å². The number of rotatable bonds is 7. The van der Waals surface area contributed by atoms with Gasteiger partial charge in [-0.05, 0) is 82.9 Å². The third kappa shape index (κ3) is 6.58. The quantitative estimate of drug-likeness (QED) is 0.226. The molecule has 10 heteroatoms. The fraction of sp³-hybridized carbons (Fsp3) is 0.0800. The SMILES string of the molecule is O=C(CN1C(=O)S/C(=C\c2ccccc2OCc2ccc(Cl)cc2Cl)C1=O)Nc1ccc(I)cc1. The second-order valence-corrected chi connectivity index (χ2v) is 10.5. The zero-order chi connectivity index (χ0) is 24.9. The molecular formula is C25H17Cl2IN2O4S. The number of thioether (sulfide) groups is 1. The predicted octanol–water partition coefficient (Wildman–Crippen LogP) is 6.85. The van der Waals surface area contributed by atoms with E-state index in [9.17, 15) is 14.4 Å². The van der Waals surface area contributed by atoms with Crippen LogP contribution in [0.3, 0.4) is 0 Å². The lowest BCUT2D eigenvalue weighted by Gasteiger charge is -2.13. The van der Waals surface area contributed by atoms with E-state index in [-0.39, 0.29) is 18.1 Å². The number of carbonyl (C=O) groups is 3. The molecule has 0 radical (unpaired) electrons. The molecule has 3 aromatic rings. The maximum atomic E-state index is 12.9. The van der Waals surface area contributed by atoms with Crippen LogP contribution in [0.2, 0.25) is 10.0 Å². The van der Waals surface area contributed by atoms with Crippen molar-refractivity contribution in [2.45, 2.75) is 6.61 Å². The number of nitrogens with one attached hydrogen (secondary N) is 1. The zero-order valence-corrected chi connectivity index (χ0v) is 22.5. The van der Waals surface area contributed by atoms with Crippen LogP contribution < -0.4 is 10.1 Å². The van der Waals surface area contributed by atoms with Crippen molar-refractivity contribution >= 4 is 86.4 Å². The normalized spacial score (nSPS) is 14.5. The number of ether oxygens (including phenoxy) is 1. The van der Waals surface area contributed by atoms with Gasteiger partial charge in [-0.1, -0.05) is 47.5 Å². The summed E-state index contributed by atoms with van der Waals surface area (Å²) >= 11 is 15.1. The number of nitrogens with zero attached hydrogens (tertiary/aromatic N) is 1. The molecule has 3 amide bonds. The second kappa shape index (κ2) is 11.5. The molecule has 0 aliphatic carbocycles. The Morgan fingerprint density at radius 3 is 2.54 bits per heavy atom. The highest BCUT2D eigenvalue weighted by molar-refractivity contribution is 14.1. The van der Waals surface area contributed by atoms with Crippen LogP contribution in [0.15, 0.2) is 71.6 Å². The summed E-state index contributed by atoms with van der Waals surface area (Å²) in [4.78, 5) is 38.9. The minimum atomic E-state index is -0.534. The summed E-state index contributed by atoms with van der Waals surface area (Å²) in [5, 5.41) is 3.20. The number of amides is 3. The molecule has 0 spiro atoms. The highest BCUT2D eigenvalue weighted by Gasteiger charge is 2.36. The molecule has 1 saturated heterocycles. The van der Waals surface area contributed by atoms with E-state index in [1.54, 1.807) is 60.7 Å². The lowest BCUT2D eigenvalue weighted by molar-refractivity contribution is -0.127. The first kappa shape index (κ1) is 25.6. The van der Waals surface area contributed by atoms with E-state index in [4.69, 9.17) is 27.9 Å². The van der Waals surface area contributed by atoms with Gasteiger partial charge in [0.05, 0.1) is 4.91 Å². The molecule has 0 atom stereocenters. The monoisotopic (exact) mass is 638 g/mol. The number of hydrogen-bond donors (Lipinski definition) is 1. The Bertz CT molecular complexity index is 1330. The van der Waals surface area contributed by atoms with E-state index in [0.29, 0.717) is 27.0 Å². The topological polar surface area (TPSA) is 75.7 Å². The average Bonchev–Trinajstić information content (AvgIpc) is 3.08. The number of hydrogen-bond acceptors (Lipinski definition) is 5. The number of imide groups is 1. The summed E-state index contributed by atoms with van der Waals surface area (Å²) in [6, 6.07) is 19.5. The summed E-state index contributed by atoms with van der Waals surface area (Å²) in [5.41, 5.74) is 1.96. The first-order valence-corrected chi connectivity index (χ1v) is 12.9. The Balaban J connectivity index is 1.45. The molecule has 0 aromatic heterocycles. The first-order valence-electron chi connectivity index (χ1n) is 10.3. The maximum absolute atomic E-state index is 12.9. The lowest BCUT2D eigenvalue weighted by Crippen LogP contribution is -2.36. The summed E-state index contributed by atoms with van der Waals surface area (Å²) in [6.45, 7) is -0.178. The molecule has 1 heterocycles. The van der Waals surface area contributed by atoms with E-state index >= 15 is 0 Å². The van der Waals surface area contributed by atoms with Gasteiger partial charge < -0.3 is 10.1 Å². The third-order valence-electron chi connectivity index (χ3n) is 4.91. The summed E-state index contributed by atoms with van der Waals surface area (Å²) in [7, 11) is 0. The van der Waals surface area contributed by atoms with Crippen LogP contribution in [-0.4, -0.2) is 28.5 Å². The highest BCUT2D eigenvalue weighted by atomic mass is 127. The Labute approximate surface area is 229 Å². The molecule has 0 bridgehead atoms. The Hall–Kier alpha value is -2.53. The van der Waals surface area contributed by atoms with Crippen molar-refractivity contribution in [2.24, 2.45) is 0 Å². The summed E-state index contributed by atoms with van der Waals surface area (Å²) < 4.78 is 6.95. The molecule has 1 aliphatic rings. The standard InChI is InChI=1S/C25H17Cl2IN2O4S/c26-17-6-5-16(20(27)12-17)14-34-21-4-2-1-3-15(21)11-22-24(32)30(25(33)35-22)13-23(31)29-19-9-7-18(28)8-10-19/h1-12H,13-14H2,(H,29,31)/b22-11-. The zero-order valence-electron chi connectivity index (χ0n) is 18.0. The van der Waals surface area contributed by atoms with Crippen molar-refractivity contribution in [1.29, 1.82) is 0 Å². The fourth-order valence-corrected chi connectivity index (χ4v) is 4.83.